The van der Waals surface area contributed by atoms with Crippen molar-refractivity contribution in [2.75, 3.05) is 38.1 Å². The van der Waals surface area contributed by atoms with Crippen molar-refractivity contribution < 1.29 is 18.4 Å². The van der Waals surface area contributed by atoms with Gasteiger partial charge in [0.25, 0.3) is 5.91 Å². The van der Waals surface area contributed by atoms with Crippen molar-refractivity contribution in [3.8, 4) is 22.6 Å². The molecule has 0 aliphatic carbocycles. The number of aromatic nitrogens is 4. The van der Waals surface area contributed by atoms with E-state index in [-0.39, 0.29) is 12.1 Å². The average Bonchev–Trinajstić information content (AvgIpc) is 3.63. The molecule has 10 nitrogen and oxygen atoms in total. The average molecular weight is 735 g/mol. The van der Waals surface area contributed by atoms with Crippen LogP contribution in [0.2, 0.25) is 16.6 Å². The highest BCUT2D eigenvalue weighted by Gasteiger charge is 2.45. The van der Waals surface area contributed by atoms with Crippen LogP contribution >= 0.6 is 0 Å². The molecule has 5 heterocycles. The Morgan fingerprint density at radius 3 is 2.25 bits per heavy atom. The van der Waals surface area contributed by atoms with Gasteiger partial charge in [0.15, 0.2) is 0 Å². The molecule has 2 aromatic carbocycles. The highest BCUT2D eigenvalue weighted by Crippen LogP contribution is 2.49. The number of amides is 2. The van der Waals surface area contributed by atoms with E-state index < -0.39 is 32.6 Å². The number of imidazole rings is 1. The van der Waals surface area contributed by atoms with E-state index >= 15 is 0 Å². The summed E-state index contributed by atoms with van der Waals surface area (Å²) in [4.78, 5) is 46.1. The van der Waals surface area contributed by atoms with E-state index in [9.17, 15) is 9.59 Å². The van der Waals surface area contributed by atoms with Gasteiger partial charge in [0.1, 0.15) is 19.5 Å². The minimum absolute atomic E-state index is 0.313. The Morgan fingerprint density at radius 2 is 1.62 bits per heavy atom. The number of ether oxygens (including phenoxy) is 1. The molecule has 2 bridgehead atoms. The molecule has 1 saturated heterocycles. The van der Waals surface area contributed by atoms with Crippen LogP contribution in [-0.2, 0) is 4.74 Å². The second-order valence-electron chi connectivity index (χ2n) is 16.6. The second kappa shape index (κ2) is 13.6. The molecule has 2 aromatic heterocycles. The predicted molar refractivity (Wildman–Crippen MR) is 213 cm³/mol. The zero-order valence-corrected chi connectivity index (χ0v) is 33.4. The highest BCUT2D eigenvalue weighted by molar-refractivity contribution is 6.90. The number of hydrogen-bond donors (Lipinski definition) is 0. The Bertz CT molecular complexity index is 2200. The molecule has 1 fully saturated rings. The number of piperazine rings is 1. The van der Waals surface area contributed by atoms with Crippen molar-refractivity contribution in [1.82, 2.24) is 29.3 Å². The van der Waals surface area contributed by atoms with Gasteiger partial charge >= 0.3 is 6.09 Å². The molecule has 2 atom stereocenters. The fourth-order valence-corrected chi connectivity index (χ4v) is 14.1. The molecule has 0 spiro atoms. The van der Waals surface area contributed by atoms with Crippen molar-refractivity contribution >= 4 is 37.1 Å². The van der Waals surface area contributed by atoms with Crippen molar-refractivity contribution in [3.05, 3.63) is 71.3 Å². The molecular formula is C42H53N7O3Si. The van der Waals surface area contributed by atoms with Gasteiger partial charge < -0.3 is 24.0 Å². The summed E-state index contributed by atoms with van der Waals surface area (Å²) in [5.41, 5.74) is 9.77. The van der Waals surface area contributed by atoms with E-state index in [0.29, 0.717) is 66.6 Å². The molecule has 7 rings (SSSR count). The van der Waals surface area contributed by atoms with E-state index in [4.69, 9.17) is 23.8 Å². The Balaban J connectivity index is 1.26. The van der Waals surface area contributed by atoms with Crippen LogP contribution in [0.3, 0.4) is 0 Å². The number of nitrogens with zero attached hydrogens (tertiary/aromatic N) is 7. The molecular weight excluding hydrogens is 679 g/mol. The summed E-state index contributed by atoms with van der Waals surface area (Å²) in [6.07, 6.45) is 3.69. The highest BCUT2D eigenvalue weighted by atomic mass is 28.3. The number of carbonyl (C=O) groups is 2. The maximum absolute atomic E-state index is 14.3. The van der Waals surface area contributed by atoms with Crippen LogP contribution in [-0.4, -0.2) is 88.1 Å². The number of rotatable bonds is 5. The van der Waals surface area contributed by atoms with Gasteiger partial charge in [-0.1, -0.05) is 59.6 Å². The van der Waals surface area contributed by atoms with Gasteiger partial charge in [0.05, 0.1) is 23.1 Å². The summed E-state index contributed by atoms with van der Waals surface area (Å²) in [5.74, 6) is 4.26. The van der Waals surface area contributed by atoms with E-state index in [2.05, 4.69) is 68.5 Å². The molecule has 53 heavy (non-hydrogen) atoms. The van der Waals surface area contributed by atoms with Crippen molar-refractivity contribution in [1.29, 1.82) is 0 Å². The van der Waals surface area contributed by atoms with E-state index in [0.717, 1.165) is 38.2 Å². The number of benzene rings is 2. The maximum Gasteiger partial charge on any atom is 0.410 e. The molecule has 0 radical (unpaired) electrons. The fourth-order valence-electron chi connectivity index (χ4n) is 8.89. The van der Waals surface area contributed by atoms with Crippen molar-refractivity contribution in [2.24, 2.45) is 0 Å². The topological polar surface area (TPSA) is 96.7 Å². The molecule has 2 amide bonds. The van der Waals surface area contributed by atoms with Gasteiger partial charge in [0, 0.05) is 78.3 Å². The van der Waals surface area contributed by atoms with E-state index in [1.807, 2.05) is 45.0 Å². The lowest BCUT2D eigenvalue weighted by Crippen LogP contribution is -2.50. The minimum Gasteiger partial charge on any atom is -0.444 e. The van der Waals surface area contributed by atoms with Crippen molar-refractivity contribution in [3.63, 3.8) is 0 Å². The lowest BCUT2D eigenvalue weighted by Gasteiger charge is -2.38. The molecule has 0 N–H and O–H groups in total. The molecule has 278 valence electrons. The van der Waals surface area contributed by atoms with Gasteiger partial charge in [0.2, 0.25) is 5.95 Å². The third-order valence-corrected chi connectivity index (χ3v) is 17.7. The molecule has 3 aliphatic rings. The number of carbonyl (C=O) groups excluding carboxylic acids is 2. The molecule has 11 heteroatoms. The lowest BCUT2D eigenvalue weighted by atomic mass is 9.93. The Labute approximate surface area is 319 Å². The summed E-state index contributed by atoms with van der Waals surface area (Å²) in [7, 11) is -2.13. The predicted octanol–water partition coefficient (Wildman–Crippen LogP) is 8.24. The summed E-state index contributed by atoms with van der Waals surface area (Å²) in [6.45, 7) is 18.8. The molecule has 0 unspecified atom stereocenters. The second-order valence-corrected chi connectivity index (χ2v) is 22.2. The summed E-state index contributed by atoms with van der Waals surface area (Å²) in [5, 5.41) is 0. The van der Waals surface area contributed by atoms with Gasteiger partial charge in [-0.15, -0.1) is 5.54 Å². The smallest absolute Gasteiger partial charge is 0.410 e. The third-order valence-electron chi connectivity index (χ3n) is 11.4. The van der Waals surface area contributed by atoms with Gasteiger partial charge in [-0.3, -0.25) is 4.79 Å². The summed E-state index contributed by atoms with van der Waals surface area (Å²) >= 11 is 0. The monoisotopic (exact) mass is 734 g/mol. The number of anilines is 1. The zero-order valence-electron chi connectivity index (χ0n) is 35.4. The largest absolute Gasteiger partial charge is 0.444 e. The van der Waals surface area contributed by atoms with E-state index in [1.54, 1.807) is 23.4 Å². The van der Waals surface area contributed by atoms with Crippen LogP contribution in [0.1, 0.15) is 112 Å². The Hall–Kier alpha value is -4.69. The van der Waals surface area contributed by atoms with Gasteiger partial charge in [-0.2, -0.15) is 0 Å². The zero-order chi connectivity index (χ0) is 40.5. The van der Waals surface area contributed by atoms with Gasteiger partial charge in [-0.25, -0.2) is 19.7 Å². The van der Waals surface area contributed by atoms with Crippen LogP contribution < -0.4 is 4.90 Å². The maximum atomic E-state index is 14.3. The molecule has 3 aliphatic heterocycles. The minimum atomic E-state index is -2.68. The Morgan fingerprint density at radius 1 is 0.943 bits per heavy atom. The summed E-state index contributed by atoms with van der Waals surface area (Å²) < 4.78 is 33.2. The lowest BCUT2D eigenvalue weighted by molar-refractivity contribution is 0.0240. The number of hydrogen-bond acceptors (Lipinski definition) is 7. The quantitative estimate of drug-likeness (QED) is 0.151. The SMILES string of the molecule is [2H]C([2H])([2H])N1C(=O)c2cccc(C#C[Si](C(C)C)(C(C)C)C(C)C)c2[C@H]2C[C@@H]1c1nc3ccc(-c4cnc(N5CCN(C(=O)OC(C)(C)C)CC5)nc4)cc3n12. The first-order chi connectivity index (χ1) is 26.3. The van der Waals surface area contributed by atoms with Crippen molar-refractivity contribution in [2.45, 2.75) is 103 Å². The first-order valence-corrected chi connectivity index (χ1v) is 21.1. The van der Waals surface area contributed by atoms with Crippen LogP contribution in [0.5, 0.6) is 0 Å². The molecule has 4 aromatic rings. The number of fused-ring (bicyclic) bond motifs is 9. The van der Waals surface area contributed by atoms with Crippen LogP contribution in [0.25, 0.3) is 22.2 Å². The summed E-state index contributed by atoms with van der Waals surface area (Å²) in [6, 6.07) is 10.4. The van der Waals surface area contributed by atoms with Crippen LogP contribution in [0, 0.1) is 11.5 Å². The first-order valence-electron chi connectivity index (χ1n) is 20.4. The standard InChI is InChI=1S/C42H53N7O3Si/c1-26(2)53(27(3)4,28(5)6)21-16-29-12-11-13-32-37(29)35-23-36(46(10)39(32)50)38-45-33-15-14-30(22-34(33)49(35)38)31-24-43-40(44-25-31)47-17-19-48(20-18-47)41(51)52-42(7,8)9/h11-15,22,24-28,35-36H,17-20,23H2,1-10H3/t35-,36-/m1/s1/i10D3. The van der Waals surface area contributed by atoms with Crippen LogP contribution in [0.15, 0.2) is 48.8 Å². The van der Waals surface area contributed by atoms with Crippen LogP contribution in [0.4, 0.5) is 10.7 Å². The molecule has 0 saturated carbocycles. The van der Waals surface area contributed by atoms with Gasteiger partial charge in [-0.05, 0) is 67.2 Å². The first kappa shape index (κ1) is 32.9. The van der Waals surface area contributed by atoms with E-state index in [1.165, 1.54) is 0 Å². The Kier molecular flexibility index (Phi) is 8.46. The normalized spacial score (nSPS) is 19.8. The fraction of sp³-hybridized carbons (Fsp3) is 0.500. The third kappa shape index (κ3) is 6.39.